The lowest BCUT2D eigenvalue weighted by Gasteiger charge is -2.10. The molecule has 0 spiro atoms. The summed E-state index contributed by atoms with van der Waals surface area (Å²) >= 11 is 0. The van der Waals surface area contributed by atoms with Crippen LogP contribution in [0.4, 0.5) is 0 Å². The smallest absolute Gasteiger partial charge is 0.233 e. The summed E-state index contributed by atoms with van der Waals surface area (Å²) in [4.78, 5) is 11.1. The summed E-state index contributed by atoms with van der Waals surface area (Å²) in [6, 6.07) is 3.00. The van der Waals surface area contributed by atoms with E-state index in [2.05, 4.69) is 0 Å². The molecule has 0 radical (unpaired) electrons. The Morgan fingerprint density at radius 2 is 2.15 bits per heavy atom. The van der Waals surface area contributed by atoms with E-state index in [-0.39, 0.29) is 17.9 Å². The molecule has 0 aliphatic rings. The van der Waals surface area contributed by atoms with Gasteiger partial charge in [0, 0.05) is 19.1 Å². The molecule has 0 saturated heterocycles. The van der Waals surface area contributed by atoms with Crippen LogP contribution in [0.25, 0.3) is 0 Å². The van der Waals surface area contributed by atoms with Crippen LogP contribution in [0, 0.1) is 0 Å². The first-order chi connectivity index (χ1) is 6.02. The second-order valence-electron chi connectivity index (χ2n) is 3.05. The van der Waals surface area contributed by atoms with Crippen molar-refractivity contribution in [2.24, 2.45) is 0 Å². The Bertz CT molecular complexity index is 315. The Morgan fingerprint density at radius 1 is 1.54 bits per heavy atom. The largest absolute Gasteiger partial charge is 0.494 e. The molecule has 4 nitrogen and oxygen atoms in total. The molecule has 72 valence electrons. The molecule has 0 bridgehead atoms. The van der Waals surface area contributed by atoms with E-state index in [4.69, 9.17) is 4.74 Å². The predicted octanol–water partition coefficient (Wildman–Crippen LogP) is 1.64. The Hall–Kier alpha value is -1.45. The van der Waals surface area contributed by atoms with Crippen LogP contribution < -0.4 is 4.74 Å². The number of hydrogen-bond donors (Lipinski definition) is 1. The lowest BCUT2D eigenvalue weighted by Crippen LogP contribution is -2.13. The fraction of sp³-hybridized carbons (Fsp3) is 0.444. The van der Waals surface area contributed by atoms with Crippen molar-refractivity contribution in [1.82, 2.24) is 4.57 Å². The average molecular weight is 183 g/mol. The summed E-state index contributed by atoms with van der Waals surface area (Å²) in [5, 5.41) is 9.28. The maximum absolute atomic E-state index is 11.1. The second kappa shape index (κ2) is 3.51. The van der Waals surface area contributed by atoms with Crippen molar-refractivity contribution in [1.29, 1.82) is 0 Å². The molecule has 1 aromatic heterocycles. The van der Waals surface area contributed by atoms with E-state index < -0.39 is 0 Å². The molecule has 0 fully saturated rings. The lowest BCUT2D eigenvalue weighted by molar-refractivity contribution is 0.0906. The minimum absolute atomic E-state index is 0.0209. The van der Waals surface area contributed by atoms with Gasteiger partial charge in [-0.05, 0) is 13.8 Å². The normalized spacial score (nSPS) is 10.5. The van der Waals surface area contributed by atoms with Crippen molar-refractivity contribution < 1.29 is 14.6 Å². The minimum Gasteiger partial charge on any atom is -0.494 e. The monoisotopic (exact) mass is 183 g/mol. The molecule has 1 aromatic rings. The highest BCUT2D eigenvalue weighted by atomic mass is 16.5. The molecule has 0 amide bonds. The van der Waals surface area contributed by atoms with Gasteiger partial charge < -0.3 is 9.84 Å². The van der Waals surface area contributed by atoms with E-state index in [9.17, 15) is 9.90 Å². The maximum atomic E-state index is 11.1. The summed E-state index contributed by atoms with van der Waals surface area (Å²) in [6.07, 6.45) is -0.0209. The van der Waals surface area contributed by atoms with Gasteiger partial charge in [-0.1, -0.05) is 0 Å². The van der Waals surface area contributed by atoms with Gasteiger partial charge in [-0.3, -0.25) is 4.79 Å². The summed E-state index contributed by atoms with van der Waals surface area (Å²) in [6.45, 7) is 5.08. The SMILES string of the molecule is CC(=O)n1c(O)ccc1OC(C)C. The third-order valence-electron chi connectivity index (χ3n) is 1.50. The number of carbonyl (C=O) groups excluding carboxylic acids is 1. The van der Waals surface area contributed by atoms with E-state index in [1.165, 1.54) is 13.0 Å². The van der Waals surface area contributed by atoms with Gasteiger partial charge in [0.15, 0.2) is 0 Å². The molecule has 1 rings (SSSR count). The van der Waals surface area contributed by atoms with Gasteiger partial charge >= 0.3 is 0 Å². The van der Waals surface area contributed by atoms with Crippen LogP contribution in [0.2, 0.25) is 0 Å². The van der Waals surface area contributed by atoms with Crippen LogP contribution >= 0.6 is 0 Å². The van der Waals surface area contributed by atoms with E-state index in [0.29, 0.717) is 5.88 Å². The number of aromatic hydroxyl groups is 1. The molecule has 0 atom stereocenters. The van der Waals surface area contributed by atoms with Gasteiger partial charge in [0.25, 0.3) is 0 Å². The van der Waals surface area contributed by atoms with Crippen LogP contribution in [0.1, 0.15) is 25.6 Å². The minimum atomic E-state index is -0.266. The van der Waals surface area contributed by atoms with E-state index >= 15 is 0 Å². The zero-order valence-corrected chi connectivity index (χ0v) is 7.94. The van der Waals surface area contributed by atoms with Crippen molar-refractivity contribution in [3.8, 4) is 11.8 Å². The topological polar surface area (TPSA) is 51.5 Å². The molecule has 0 aromatic carbocycles. The molecule has 4 heteroatoms. The van der Waals surface area contributed by atoms with Crippen LogP contribution in [0.15, 0.2) is 12.1 Å². The number of nitrogens with zero attached hydrogens (tertiary/aromatic N) is 1. The highest BCUT2D eigenvalue weighted by Crippen LogP contribution is 2.22. The number of ether oxygens (including phenoxy) is 1. The van der Waals surface area contributed by atoms with Gasteiger partial charge in [0.1, 0.15) is 0 Å². The molecule has 0 aliphatic carbocycles. The molecule has 1 heterocycles. The quantitative estimate of drug-likeness (QED) is 0.758. The van der Waals surface area contributed by atoms with Crippen molar-refractivity contribution in [3.63, 3.8) is 0 Å². The standard InChI is InChI=1S/C9H13NO3/c1-6(2)13-9-5-4-8(12)10(9)7(3)11/h4-6,12H,1-3H3. The van der Waals surface area contributed by atoms with Crippen molar-refractivity contribution >= 4 is 5.91 Å². The van der Waals surface area contributed by atoms with Gasteiger partial charge in [0.2, 0.25) is 17.7 Å². The number of aromatic nitrogens is 1. The van der Waals surface area contributed by atoms with Crippen molar-refractivity contribution in [2.75, 3.05) is 0 Å². The summed E-state index contributed by atoms with van der Waals surface area (Å²) in [7, 11) is 0. The Kier molecular flexibility index (Phi) is 2.60. The molecule has 1 N–H and O–H groups in total. The second-order valence-corrected chi connectivity index (χ2v) is 3.05. The Labute approximate surface area is 76.7 Å². The maximum Gasteiger partial charge on any atom is 0.233 e. The molecule has 0 unspecified atom stereocenters. The number of hydrogen-bond acceptors (Lipinski definition) is 3. The molecule has 0 aliphatic heterocycles. The molecule has 0 saturated carbocycles. The molecular weight excluding hydrogens is 170 g/mol. The average Bonchev–Trinajstić information content (AvgIpc) is 2.30. The Morgan fingerprint density at radius 3 is 2.62 bits per heavy atom. The zero-order valence-electron chi connectivity index (χ0n) is 7.94. The van der Waals surface area contributed by atoms with Crippen LogP contribution in [0.3, 0.4) is 0 Å². The van der Waals surface area contributed by atoms with Gasteiger partial charge in [-0.25, -0.2) is 4.57 Å². The Balaban J connectivity index is 3.00. The summed E-state index contributed by atoms with van der Waals surface area (Å²) < 4.78 is 6.43. The van der Waals surface area contributed by atoms with Crippen molar-refractivity contribution in [3.05, 3.63) is 12.1 Å². The lowest BCUT2D eigenvalue weighted by atomic mass is 10.5. The highest BCUT2D eigenvalue weighted by Gasteiger charge is 2.12. The number of rotatable bonds is 2. The summed E-state index contributed by atoms with van der Waals surface area (Å²) in [5.41, 5.74) is 0. The zero-order chi connectivity index (χ0) is 10.0. The summed E-state index contributed by atoms with van der Waals surface area (Å²) in [5.74, 6) is 0.0151. The van der Waals surface area contributed by atoms with Gasteiger partial charge in [-0.15, -0.1) is 0 Å². The first-order valence-corrected chi connectivity index (χ1v) is 4.10. The third-order valence-corrected chi connectivity index (χ3v) is 1.50. The highest BCUT2D eigenvalue weighted by molar-refractivity contribution is 5.79. The first-order valence-electron chi connectivity index (χ1n) is 4.10. The van der Waals surface area contributed by atoms with Crippen LogP contribution in [-0.2, 0) is 0 Å². The molecular formula is C9H13NO3. The first kappa shape index (κ1) is 9.64. The van der Waals surface area contributed by atoms with E-state index in [0.717, 1.165) is 4.57 Å². The number of carbonyl (C=O) groups is 1. The van der Waals surface area contributed by atoms with Gasteiger partial charge in [-0.2, -0.15) is 0 Å². The van der Waals surface area contributed by atoms with Crippen LogP contribution in [0.5, 0.6) is 11.8 Å². The molecule has 13 heavy (non-hydrogen) atoms. The van der Waals surface area contributed by atoms with Crippen molar-refractivity contribution in [2.45, 2.75) is 26.9 Å². The van der Waals surface area contributed by atoms with E-state index in [1.807, 2.05) is 13.8 Å². The van der Waals surface area contributed by atoms with E-state index in [1.54, 1.807) is 6.07 Å². The fourth-order valence-electron chi connectivity index (χ4n) is 1.06. The fourth-order valence-corrected chi connectivity index (χ4v) is 1.06. The third kappa shape index (κ3) is 2.02. The van der Waals surface area contributed by atoms with Gasteiger partial charge in [0.05, 0.1) is 6.10 Å². The predicted molar refractivity (Wildman–Crippen MR) is 48.2 cm³/mol. The van der Waals surface area contributed by atoms with Crippen LogP contribution in [-0.4, -0.2) is 21.7 Å².